The number of hydrogen-bond acceptors (Lipinski definition) is 2. The van der Waals surface area contributed by atoms with Gasteiger partial charge in [0.15, 0.2) is 0 Å². The molecular weight excluding hydrogens is 340 g/mol. The topological polar surface area (TPSA) is 24.1 Å². The predicted octanol–water partition coefficient (Wildman–Crippen LogP) is 5.60. The molecule has 0 aliphatic heterocycles. The van der Waals surface area contributed by atoms with Crippen molar-refractivity contribution in [1.82, 2.24) is 10.6 Å². The van der Waals surface area contributed by atoms with Gasteiger partial charge in [0.1, 0.15) is 0 Å². The second-order valence-corrected chi connectivity index (χ2v) is 8.81. The Morgan fingerprint density at radius 1 is 0.893 bits per heavy atom. The highest BCUT2D eigenvalue weighted by Gasteiger charge is 2.27. The molecule has 2 heteroatoms. The fourth-order valence-electron chi connectivity index (χ4n) is 4.70. The van der Waals surface area contributed by atoms with Crippen molar-refractivity contribution in [2.24, 2.45) is 11.8 Å². The average molecular weight is 379 g/mol. The summed E-state index contributed by atoms with van der Waals surface area (Å²) in [5.41, 5.74) is 2.82. The van der Waals surface area contributed by atoms with Gasteiger partial charge in [0.25, 0.3) is 0 Å². The third kappa shape index (κ3) is 5.93. The largest absolute Gasteiger partial charge is 0.315 e. The van der Waals surface area contributed by atoms with Crippen LogP contribution < -0.4 is 10.6 Å². The van der Waals surface area contributed by atoms with E-state index in [0.29, 0.717) is 18.0 Å². The third-order valence-electron chi connectivity index (χ3n) is 6.67. The summed E-state index contributed by atoms with van der Waals surface area (Å²) < 4.78 is 0. The van der Waals surface area contributed by atoms with Crippen LogP contribution in [0, 0.1) is 11.8 Å². The van der Waals surface area contributed by atoms with E-state index < -0.39 is 0 Å². The molecular formula is C26H38N2. The van der Waals surface area contributed by atoms with Crippen LogP contribution in [0.1, 0.15) is 63.5 Å². The van der Waals surface area contributed by atoms with Gasteiger partial charge in [-0.3, -0.25) is 0 Å². The maximum absolute atomic E-state index is 3.89. The molecule has 0 radical (unpaired) electrons. The molecule has 1 saturated carbocycles. The van der Waals surface area contributed by atoms with Gasteiger partial charge in [-0.25, -0.2) is 0 Å². The Kier molecular flexibility index (Phi) is 8.12. The van der Waals surface area contributed by atoms with Crippen molar-refractivity contribution >= 4 is 0 Å². The zero-order valence-corrected chi connectivity index (χ0v) is 17.9. The van der Waals surface area contributed by atoms with E-state index in [1.165, 1.54) is 30.4 Å². The molecule has 2 N–H and O–H groups in total. The summed E-state index contributed by atoms with van der Waals surface area (Å²) in [6, 6.07) is 23.0. The van der Waals surface area contributed by atoms with Gasteiger partial charge in [0.2, 0.25) is 0 Å². The third-order valence-corrected chi connectivity index (χ3v) is 6.67. The second kappa shape index (κ2) is 10.8. The summed E-state index contributed by atoms with van der Waals surface area (Å²) in [6.07, 6.45) is 5.23. The van der Waals surface area contributed by atoms with Crippen molar-refractivity contribution in [3.8, 4) is 0 Å². The van der Waals surface area contributed by atoms with Crippen molar-refractivity contribution in [1.29, 1.82) is 0 Å². The molecule has 0 saturated heterocycles. The second-order valence-electron chi connectivity index (χ2n) is 8.81. The Labute approximate surface area is 172 Å². The van der Waals surface area contributed by atoms with E-state index in [9.17, 15) is 0 Å². The van der Waals surface area contributed by atoms with Gasteiger partial charge in [-0.05, 0) is 49.3 Å². The maximum atomic E-state index is 3.89. The molecule has 1 aliphatic carbocycles. The minimum atomic E-state index is 0.456. The van der Waals surface area contributed by atoms with Crippen LogP contribution in [-0.2, 0) is 0 Å². The van der Waals surface area contributed by atoms with Gasteiger partial charge < -0.3 is 10.6 Å². The van der Waals surface area contributed by atoms with E-state index in [-0.39, 0.29) is 0 Å². The van der Waals surface area contributed by atoms with Crippen LogP contribution in [0.25, 0.3) is 0 Å². The molecule has 0 spiro atoms. The quantitative estimate of drug-likeness (QED) is 0.555. The molecule has 2 aromatic carbocycles. The first-order valence-corrected chi connectivity index (χ1v) is 11.2. The molecule has 1 fully saturated rings. The number of nitrogens with one attached hydrogen (secondary N) is 2. The molecule has 152 valence electrons. The Morgan fingerprint density at radius 3 is 2.11 bits per heavy atom. The van der Waals surface area contributed by atoms with Crippen molar-refractivity contribution < 1.29 is 0 Å². The first-order chi connectivity index (χ1) is 13.6. The van der Waals surface area contributed by atoms with Crippen molar-refractivity contribution in [2.75, 3.05) is 13.1 Å². The summed E-state index contributed by atoms with van der Waals surface area (Å²) in [7, 11) is 0. The van der Waals surface area contributed by atoms with E-state index >= 15 is 0 Å². The van der Waals surface area contributed by atoms with Gasteiger partial charge in [-0.2, -0.15) is 0 Å². The van der Waals surface area contributed by atoms with Crippen LogP contribution in [0.15, 0.2) is 60.7 Å². The van der Waals surface area contributed by atoms with Crippen LogP contribution in [0.2, 0.25) is 0 Å². The Balaban J connectivity index is 1.48. The normalized spacial score (nSPS) is 23.6. The molecule has 0 amide bonds. The highest BCUT2D eigenvalue weighted by molar-refractivity contribution is 5.32. The van der Waals surface area contributed by atoms with E-state index in [4.69, 9.17) is 0 Å². The zero-order chi connectivity index (χ0) is 19.8. The first-order valence-electron chi connectivity index (χ1n) is 11.2. The van der Waals surface area contributed by atoms with E-state index in [0.717, 1.165) is 31.3 Å². The van der Waals surface area contributed by atoms with Gasteiger partial charge in [-0.1, -0.05) is 87.4 Å². The standard InChI is InChI=1S/C26H38N2/c1-20-11-10-16-26(22(20)3)28-21(2)19-27-18-17-25(23-12-6-4-7-13-23)24-14-8-5-9-15-24/h4-9,12-15,20-22,25-28H,10-11,16-19H2,1-3H3. The molecule has 2 nitrogen and oxygen atoms in total. The van der Waals surface area contributed by atoms with Crippen LogP contribution in [0.5, 0.6) is 0 Å². The molecule has 4 atom stereocenters. The van der Waals surface area contributed by atoms with Gasteiger partial charge in [0.05, 0.1) is 0 Å². The van der Waals surface area contributed by atoms with Crippen LogP contribution in [0.3, 0.4) is 0 Å². The SMILES string of the molecule is CC(CNCCC(c1ccccc1)c1ccccc1)NC1CCCC(C)C1C. The lowest BCUT2D eigenvalue weighted by molar-refractivity contribution is 0.195. The Bertz CT molecular complexity index is 630. The van der Waals surface area contributed by atoms with Crippen molar-refractivity contribution in [2.45, 2.75) is 64.5 Å². The highest BCUT2D eigenvalue weighted by Crippen LogP contribution is 2.30. The molecule has 1 aliphatic rings. The zero-order valence-electron chi connectivity index (χ0n) is 17.9. The summed E-state index contributed by atoms with van der Waals surface area (Å²) in [4.78, 5) is 0. The molecule has 28 heavy (non-hydrogen) atoms. The summed E-state index contributed by atoms with van der Waals surface area (Å²) >= 11 is 0. The summed E-state index contributed by atoms with van der Waals surface area (Å²) in [5, 5.41) is 7.60. The average Bonchev–Trinajstić information content (AvgIpc) is 2.73. The molecule has 3 rings (SSSR count). The smallest absolute Gasteiger partial charge is 0.0166 e. The van der Waals surface area contributed by atoms with E-state index in [2.05, 4.69) is 92.1 Å². The van der Waals surface area contributed by atoms with Crippen molar-refractivity contribution in [3.05, 3.63) is 71.8 Å². The number of benzene rings is 2. The number of hydrogen-bond donors (Lipinski definition) is 2. The molecule has 0 bridgehead atoms. The van der Waals surface area contributed by atoms with Gasteiger partial charge >= 0.3 is 0 Å². The lowest BCUT2D eigenvalue weighted by Gasteiger charge is -2.36. The molecule has 4 unspecified atom stereocenters. The fourth-order valence-corrected chi connectivity index (χ4v) is 4.70. The minimum Gasteiger partial charge on any atom is -0.315 e. The first kappa shape index (κ1) is 21.1. The van der Waals surface area contributed by atoms with Crippen molar-refractivity contribution in [3.63, 3.8) is 0 Å². The van der Waals surface area contributed by atoms with Crippen LogP contribution in [0.4, 0.5) is 0 Å². The van der Waals surface area contributed by atoms with Gasteiger partial charge in [-0.15, -0.1) is 0 Å². The van der Waals surface area contributed by atoms with E-state index in [1.54, 1.807) is 0 Å². The van der Waals surface area contributed by atoms with Crippen LogP contribution >= 0.6 is 0 Å². The number of rotatable bonds is 9. The summed E-state index contributed by atoms with van der Waals surface area (Å²) in [6.45, 7) is 9.23. The summed E-state index contributed by atoms with van der Waals surface area (Å²) in [5.74, 6) is 2.10. The highest BCUT2D eigenvalue weighted by atomic mass is 15.0. The molecule has 2 aromatic rings. The monoisotopic (exact) mass is 378 g/mol. The lowest BCUT2D eigenvalue weighted by Crippen LogP contribution is -2.48. The predicted molar refractivity (Wildman–Crippen MR) is 121 cm³/mol. The maximum Gasteiger partial charge on any atom is 0.0166 e. The lowest BCUT2D eigenvalue weighted by atomic mass is 9.78. The Hall–Kier alpha value is -1.64. The van der Waals surface area contributed by atoms with Gasteiger partial charge in [0, 0.05) is 24.5 Å². The molecule has 0 heterocycles. The minimum absolute atomic E-state index is 0.456. The fraction of sp³-hybridized carbons (Fsp3) is 0.538. The molecule has 0 aromatic heterocycles. The van der Waals surface area contributed by atoms with E-state index in [1.807, 2.05) is 0 Å². The Morgan fingerprint density at radius 2 is 1.50 bits per heavy atom. The van der Waals surface area contributed by atoms with Crippen LogP contribution in [-0.4, -0.2) is 25.2 Å².